The largest absolute Gasteiger partial charge is 0.508 e. The van der Waals surface area contributed by atoms with Gasteiger partial charge in [0.15, 0.2) is 5.12 Å². The maximum Gasteiger partial charge on any atom is 0.328 e. The molecule has 2 amide bonds. The Labute approximate surface area is 222 Å². The fraction of sp³-hybridized carbons (Fsp3) is 0.429. The summed E-state index contributed by atoms with van der Waals surface area (Å²) >= 11 is 1.09. The third kappa shape index (κ3) is 9.57. The molecular weight excluding hydrogens is 492 g/mol. The highest BCUT2D eigenvalue weighted by Crippen LogP contribution is 2.25. The van der Waals surface area contributed by atoms with Crippen molar-refractivity contribution in [3.8, 4) is 5.75 Å². The number of hydrogen-bond acceptors (Lipinski definition) is 7. The number of benzene rings is 2. The lowest BCUT2D eigenvalue weighted by atomic mass is 9.94. The van der Waals surface area contributed by atoms with E-state index in [1.54, 1.807) is 26.0 Å². The summed E-state index contributed by atoms with van der Waals surface area (Å²) < 4.78 is 4.88. The lowest BCUT2D eigenvalue weighted by Gasteiger charge is -2.28. The highest BCUT2D eigenvalue weighted by atomic mass is 32.2. The number of thioether (sulfide) groups is 1. The van der Waals surface area contributed by atoms with Crippen LogP contribution in [0.4, 0.5) is 0 Å². The molecule has 3 N–H and O–H groups in total. The molecule has 9 heteroatoms. The molecule has 2 aromatic carbocycles. The first-order chi connectivity index (χ1) is 17.5. The van der Waals surface area contributed by atoms with Crippen LogP contribution in [0.25, 0.3) is 0 Å². The zero-order chi connectivity index (χ0) is 27.5. The highest BCUT2D eigenvalue weighted by molar-refractivity contribution is 8.14. The van der Waals surface area contributed by atoms with Gasteiger partial charge in [0.05, 0.1) is 13.0 Å². The van der Waals surface area contributed by atoms with Crippen LogP contribution in [0, 0.1) is 11.8 Å². The molecule has 37 heavy (non-hydrogen) atoms. The van der Waals surface area contributed by atoms with Crippen LogP contribution in [0.5, 0.6) is 5.75 Å². The Bertz CT molecular complexity index is 1060. The van der Waals surface area contributed by atoms with Gasteiger partial charge in [-0.15, -0.1) is 0 Å². The molecule has 0 aliphatic heterocycles. The number of carbonyl (C=O) groups excluding carboxylic acids is 4. The van der Waals surface area contributed by atoms with Crippen molar-refractivity contribution in [3.05, 3.63) is 65.7 Å². The summed E-state index contributed by atoms with van der Waals surface area (Å²) in [6, 6.07) is 13.9. The molecule has 0 heterocycles. The Balaban J connectivity index is 2.21. The van der Waals surface area contributed by atoms with Crippen LogP contribution in [0.15, 0.2) is 54.6 Å². The topological polar surface area (TPSA) is 122 Å². The quantitative estimate of drug-likeness (QED) is 0.362. The van der Waals surface area contributed by atoms with Gasteiger partial charge in [-0.3, -0.25) is 14.4 Å². The van der Waals surface area contributed by atoms with Gasteiger partial charge >= 0.3 is 5.97 Å². The van der Waals surface area contributed by atoms with E-state index in [9.17, 15) is 24.3 Å². The Morgan fingerprint density at radius 3 is 2.00 bits per heavy atom. The number of amides is 2. The Hall–Kier alpha value is -3.33. The molecule has 0 aliphatic rings. The maximum absolute atomic E-state index is 13.5. The van der Waals surface area contributed by atoms with E-state index in [2.05, 4.69) is 10.6 Å². The Morgan fingerprint density at radius 1 is 0.865 bits per heavy atom. The zero-order valence-corrected chi connectivity index (χ0v) is 22.7. The monoisotopic (exact) mass is 528 g/mol. The van der Waals surface area contributed by atoms with E-state index in [-0.39, 0.29) is 34.4 Å². The van der Waals surface area contributed by atoms with Gasteiger partial charge in [0, 0.05) is 18.6 Å². The number of rotatable bonds is 12. The van der Waals surface area contributed by atoms with Crippen LogP contribution in [-0.4, -0.2) is 52.4 Å². The molecule has 2 unspecified atom stereocenters. The second-order valence-corrected chi connectivity index (χ2v) is 10.9. The van der Waals surface area contributed by atoms with Crippen molar-refractivity contribution in [2.24, 2.45) is 11.8 Å². The molecule has 0 aromatic heterocycles. The molecule has 0 bridgehead atoms. The first-order valence-corrected chi connectivity index (χ1v) is 13.1. The highest BCUT2D eigenvalue weighted by Gasteiger charge is 2.33. The lowest BCUT2D eigenvalue weighted by Crippen LogP contribution is -2.55. The molecular formula is C28H36N2O6S. The van der Waals surface area contributed by atoms with Gasteiger partial charge in [-0.25, -0.2) is 4.79 Å². The molecule has 200 valence electrons. The number of nitrogens with one attached hydrogen (secondary N) is 2. The lowest BCUT2D eigenvalue weighted by molar-refractivity contribution is -0.145. The first kappa shape index (κ1) is 29.9. The predicted molar refractivity (Wildman–Crippen MR) is 144 cm³/mol. The van der Waals surface area contributed by atoms with Gasteiger partial charge in [-0.2, -0.15) is 0 Å². The van der Waals surface area contributed by atoms with E-state index in [1.807, 2.05) is 37.3 Å². The fourth-order valence-electron chi connectivity index (χ4n) is 3.94. The van der Waals surface area contributed by atoms with Crippen molar-refractivity contribution < 1.29 is 29.0 Å². The van der Waals surface area contributed by atoms with Crippen LogP contribution in [0.1, 0.15) is 38.8 Å². The number of phenols is 1. The minimum atomic E-state index is -0.979. The van der Waals surface area contributed by atoms with Crippen LogP contribution >= 0.6 is 11.8 Å². The molecule has 0 saturated heterocycles. The minimum Gasteiger partial charge on any atom is -0.508 e. The van der Waals surface area contributed by atoms with Crippen molar-refractivity contribution in [1.82, 2.24) is 10.6 Å². The number of methoxy groups -OCH3 is 1. The number of ether oxygens (including phenoxy) is 1. The summed E-state index contributed by atoms with van der Waals surface area (Å²) in [5.74, 6) is -2.21. The predicted octanol–water partition coefficient (Wildman–Crippen LogP) is 3.26. The SMILES string of the molecule is COC(=O)[C@H](Cc1ccc(O)cc1)NC(=O)[C@@H](NC(=O)C(Cc1ccccc1)C(C)SC(C)=O)C(C)C. The molecule has 4 atom stereocenters. The molecule has 0 fully saturated rings. The van der Waals surface area contributed by atoms with Crippen molar-refractivity contribution >= 4 is 34.7 Å². The summed E-state index contributed by atoms with van der Waals surface area (Å²) in [6.07, 6.45) is 0.562. The van der Waals surface area contributed by atoms with E-state index in [4.69, 9.17) is 4.74 Å². The number of hydrogen-bond donors (Lipinski definition) is 3. The standard InChI is InChI=1S/C28H36N2O6S/c1-17(2)25(27(34)29-24(28(35)36-5)16-21-11-13-22(32)14-12-21)30-26(33)23(18(3)37-19(4)31)15-20-9-7-6-8-10-20/h6-14,17-18,23-25,32H,15-16H2,1-5H3,(H,29,34)(H,30,33)/t18?,23?,24-,25-/m0/s1. The number of esters is 1. The first-order valence-electron chi connectivity index (χ1n) is 12.2. The zero-order valence-electron chi connectivity index (χ0n) is 21.9. The van der Waals surface area contributed by atoms with Crippen molar-refractivity contribution in [1.29, 1.82) is 0 Å². The molecule has 0 radical (unpaired) electrons. The molecule has 0 saturated carbocycles. The summed E-state index contributed by atoms with van der Waals surface area (Å²) in [7, 11) is 1.24. The average Bonchev–Trinajstić information content (AvgIpc) is 2.85. The summed E-state index contributed by atoms with van der Waals surface area (Å²) in [4.78, 5) is 50.9. The number of carbonyl (C=O) groups is 4. The normalized spacial score (nSPS) is 14.2. The second kappa shape index (κ2) is 14.4. The molecule has 0 spiro atoms. The third-order valence-corrected chi connectivity index (χ3v) is 7.01. The summed E-state index contributed by atoms with van der Waals surface area (Å²) in [5.41, 5.74) is 1.67. The van der Waals surface area contributed by atoms with Gasteiger partial charge in [-0.1, -0.05) is 75.0 Å². The fourth-order valence-corrected chi connectivity index (χ4v) is 4.85. The third-order valence-electron chi connectivity index (χ3n) is 5.98. The van der Waals surface area contributed by atoms with Crippen molar-refractivity contribution in [2.45, 2.75) is 57.9 Å². The molecule has 0 aliphatic carbocycles. The van der Waals surface area contributed by atoms with Crippen molar-refractivity contribution in [3.63, 3.8) is 0 Å². The van der Waals surface area contributed by atoms with Crippen LogP contribution in [0.2, 0.25) is 0 Å². The average molecular weight is 529 g/mol. The Morgan fingerprint density at radius 2 is 1.46 bits per heavy atom. The van der Waals surface area contributed by atoms with E-state index in [1.165, 1.54) is 26.2 Å². The minimum absolute atomic E-state index is 0.0900. The maximum atomic E-state index is 13.5. The second-order valence-electron chi connectivity index (χ2n) is 9.30. The van der Waals surface area contributed by atoms with E-state index < -0.39 is 29.9 Å². The Kier molecular flexibility index (Phi) is 11.7. The van der Waals surface area contributed by atoms with E-state index in [0.29, 0.717) is 6.42 Å². The molecule has 2 aromatic rings. The smallest absolute Gasteiger partial charge is 0.328 e. The van der Waals surface area contributed by atoms with Crippen molar-refractivity contribution in [2.75, 3.05) is 7.11 Å². The van der Waals surface area contributed by atoms with E-state index in [0.717, 1.165) is 22.9 Å². The number of aromatic hydroxyl groups is 1. The number of phenolic OH excluding ortho intramolecular Hbond substituents is 1. The summed E-state index contributed by atoms with van der Waals surface area (Å²) in [6.45, 7) is 6.90. The van der Waals surface area contributed by atoms with Gasteiger partial charge < -0.3 is 20.5 Å². The van der Waals surface area contributed by atoms with E-state index >= 15 is 0 Å². The van der Waals surface area contributed by atoms with Crippen LogP contribution in [-0.2, 0) is 36.8 Å². The van der Waals surface area contributed by atoms with Gasteiger partial charge in [0.25, 0.3) is 0 Å². The molecule has 8 nitrogen and oxygen atoms in total. The van der Waals surface area contributed by atoms with Gasteiger partial charge in [0.1, 0.15) is 17.8 Å². The summed E-state index contributed by atoms with van der Waals surface area (Å²) in [5, 5.41) is 14.7. The van der Waals surface area contributed by atoms with Crippen LogP contribution < -0.4 is 10.6 Å². The molecule has 2 rings (SSSR count). The van der Waals surface area contributed by atoms with Gasteiger partial charge in [0.2, 0.25) is 11.8 Å². The van der Waals surface area contributed by atoms with Gasteiger partial charge in [-0.05, 0) is 35.6 Å². The van der Waals surface area contributed by atoms with Crippen LogP contribution in [0.3, 0.4) is 0 Å².